The number of hydrogen-bond acceptors (Lipinski definition) is 2. The lowest BCUT2D eigenvalue weighted by Crippen LogP contribution is -2.43. The van der Waals surface area contributed by atoms with Crippen LogP contribution in [0.15, 0.2) is 43.0 Å². The number of rotatable bonds is 6. The van der Waals surface area contributed by atoms with Gasteiger partial charge >= 0.3 is 0 Å². The molecule has 0 bridgehead atoms. The van der Waals surface area contributed by atoms with E-state index in [0.717, 1.165) is 19.3 Å². The molecule has 0 radical (unpaired) electrons. The van der Waals surface area contributed by atoms with Crippen LogP contribution in [-0.4, -0.2) is 36.3 Å². The molecule has 118 valence electrons. The van der Waals surface area contributed by atoms with Crippen LogP contribution < -0.4 is 5.32 Å². The second-order valence-electron chi connectivity index (χ2n) is 5.67. The number of carbonyl (C=O) groups is 2. The molecule has 0 unspecified atom stereocenters. The van der Waals surface area contributed by atoms with Gasteiger partial charge in [-0.25, -0.2) is 0 Å². The van der Waals surface area contributed by atoms with E-state index in [4.69, 9.17) is 0 Å². The van der Waals surface area contributed by atoms with Crippen LogP contribution in [0.3, 0.4) is 0 Å². The van der Waals surface area contributed by atoms with Crippen molar-refractivity contribution in [3.8, 4) is 0 Å². The Labute approximate surface area is 132 Å². The van der Waals surface area contributed by atoms with Crippen LogP contribution in [-0.2, 0) is 16.0 Å². The van der Waals surface area contributed by atoms with E-state index in [-0.39, 0.29) is 17.7 Å². The lowest BCUT2D eigenvalue weighted by atomic mass is 9.95. The summed E-state index contributed by atoms with van der Waals surface area (Å²) in [4.78, 5) is 26.0. The summed E-state index contributed by atoms with van der Waals surface area (Å²) in [6, 6.07) is 10.1. The highest BCUT2D eigenvalue weighted by molar-refractivity contribution is 5.80. The monoisotopic (exact) mass is 300 g/mol. The first-order valence-corrected chi connectivity index (χ1v) is 7.91. The summed E-state index contributed by atoms with van der Waals surface area (Å²) in [5.41, 5.74) is 1.19. The van der Waals surface area contributed by atoms with E-state index in [9.17, 15) is 9.59 Å². The summed E-state index contributed by atoms with van der Waals surface area (Å²) in [5, 5.41) is 2.83. The van der Waals surface area contributed by atoms with Crippen LogP contribution in [0.4, 0.5) is 0 Å². The number of aryl methyl sites for hydroxylation is 1. The molecular formula is C18H24N2O2. The number of hydrogen-bond donors (Lipinski definition) is 1. The SMILES string of the molecule is C=CCNC(=O)C1CCN(C(=O)CCc2ccccc2)CC1. The maximum absolute atomic E-state index is 12.2. The Morgan fingerprint density at radius 3 is 2.55 bits per heavy atom. The molecule has 1 aliphatic rings. The van der Waals surface area contributed by atoms with E-state index in [2.05, 4.69) is 11.9 Å². The molecule has 0 saturated carbocycles. The van der Waals surface area contributed by atoms with Crippen molar-refractivity contribution in [3.05, 3.63) is 48.6 Å². The number of amides is 2. The van der Waals surface area contributed by atoms with Crippen molar-refractivity contribution in [2.75, 3.05) is 19.6 Å². The molecule has 1 fully saturated rings. The zero-order chi connectivity index (χ0) is 15.8. The van der Waals surface area contributed by atoms with Crippen LogP contribution in [0.1, 0.15) is 24.8 Å². The van der Waals surface area contributed by atoms with Crippen molar-refractivity contribution in [1.29, 1.82) is 0 Å². The Balaban J connectivity index is 1.73. The van der Waals surface area contributed by atoms with Gasteiger partial charge < -0.3 is 10.2 Å². The second kappa shape index (κ2) is 8.37. The predicted molar refractivity (Wildman–Crippen MR) is 87.3 cm³/mol. The van der Waals surface area contributed by atoms with Gasteiger partial charge in [-0.2, -0.15) is 0 Å². The molecule has 0 atom stereocenters. The quantitative estimate of drug-likeness (QED) is 0.819. The smallest absolute Gasteiger partial charge is 0.223 e. The van der Waals surface area contributed by atoms with Gasteiger partial charge in [-0.3, -0.25) is 9.59 Å². The van der Waals surface area contributed by atoms with E-state index < -0.39 is 0 Å². The van der Waals surface area contributed by atoms with Crippen LogP contribution in [0.5, 0.6) is 0 Å². The standard InChI is InChI=1S/C18H24N2O2/c1-2-12-19-18(22)16-10-13-20(14-11-16)17(21)9-8-15-6-4-3-5-7-15/h2-7,16H,1,8-14H2,(H,19,22). The molecule has 1 aromatic carbocycles. The Kier molecular flexibility index (Phi) is 6.19. The third-order valence-electron chi connectivity index (χ3n) is 4.11. The summed E-state index contributed by atoms with van der Waals surface area (Å²) >= 11 is 0. The summed E-state index contributed by atoms with van der Waals surface area (Å²) in [7, 11) is 0. The van der Waals surface area contributed by atoms with Gasteiger partial charge in [0.05, 0.1) is 0 Å². The third kappa shape index (κ3) is 4.72. The number of nitrogens with one attached hydrogen (secondary N) is 1. The van der Waals surface area contributed by atoms with E-state index in [1.807, 2.05) is 35.2 Å². The van der Waals surface area contributed by atoms with Crippen molar-refractivity contribution >= 4 is 11.8 Å². The Bertz CT molecular complexity index is 505. The van der Waals surface area contributed by atoms with E-state index in [1.165, 1.54) is 5.56 Å². The van der Waals surface area contributed by atoms with Crippen LogP contribution in [0.25, 0.3) is 0 Å². The molecule has 0 spiro atoms. The molecule has 0 aliphatic carbocycles. The number of nitrogens with zero attached hydrogens (tertiary/aromatic N) is 1. The number of benzene rings is 1. The second-order valence-corrected chi connectivity index (χ2v) is 5.67. The average molecular weight is 300 g/mol. The molecule has 4 nitrogen and oxygen atoms in total. The van der Waals surface area contributed by atoms with Crippen molar-refractivity contribution in [1.82, 2.24) is 10.2 Å². The van der Waals surface area contributed by atoms with E-state index in [1.54, 1.807) is 6.08 Å². The fraction of sp³-hybridized carbons (Fsp3) is 0.444. The molecule has 0 aromatic heterocycles. The van der Waals surface area contributed by atoms with Gasteiger partial charge in [-0.05, 0) is 24.8 Å². The normalized spacial score (nSPS) is 15.4. The van der Waals surface area contributed by atoms with Gasteiger partial charge in [0.1, 0.15) is 0 Å². The number of piperidine rings is 1. The first-order chi connectivity index (χ1) is 10.7. The highest BCUT2D eigenvalue weighted by Gasteiger charge is 2.26. The minimum Gasteiger partial charge on any atom is -0.352 e. The lowest BCUT2D eigenvalue weighted by molar-refractivity contribution is -0.135. The fourth-order valence-electron chi connectivity index (χ4n) is 2.76. The lowest BCUT2D eigenvalue weighted by Gasteiger charge is -2.31. The van der Waals surface area contributed by atoms with Gasteiger partial charge in [0.2, 0.25) is 11.8 Å². The molecule has 1 aromatic rings. The van der Waals surface area contributed by atoms with Crippen molar-refractivity contribution < 1.29 is 9.59 Å². The fourth-order valence-corrected chi connectivity index (χ4v) is 2.76. The molecule has 1 heterocycles. The van der Waals surface area contributed by atoms with Gasteiger partial charge in [0.25, 0.3) is 0 Å². The van der Waals surface area contributed by atoms with Gasteiger partial charge in [0, 0.05) is 32.0 Å². The first-order valence-electron chi connectivity index (χ1n) is 7.91. The average Bonchev–Trinajstić information content (AvgIpc) is 2.58. The molecular weight excluding hydrogens is 276 g/mol. The highest BCUT2D eigenvalue weighted by atomic mass is 16.2. The number of carbonyl (C=O) groups excluding carboxylic acids is 2. The minimum absolute atomic E-state index is 0.0260. The van der Waals surface area contributed by atoms with Crippen molar-refractivity contribution in [3.63, 3.8) is 0 Å². The van der Waals surface area contributed by atoms with Gasteiger partial charge in [0.15, 0.2) is 0 Å². The Hall–Kier alpha value is -2.10. The molecule has 2 amide bonds. The predicted octanol–water partition coefficient (Wildman–Crippen LogP) is 2.16. The molecule has 4 heteroatoms. The van der Waals surface area contributed by atoms with Crippen LogP contribution in [0, 0.1) is 5.92 Å². The minimum atomic E-state index is 0.0260. The van der Waals surface area contributed by atoms with Crippen molar-refractivity contribution in [2.24, 2.45) is 5.92 Å². The van der Waals surface area contributed by atoms with E-state index in [0.29, 0.717) is 26.1 Å². The third-order valence-corrected chi connectivity index (χ3v) is 4.11. The highest BCUT2D eigenvalue weighted by Crippen LogP contribution is 2.18. The Morgan fingerprint density at radius 1 is 1.23 bits per heavy atom. The molecule has 22 heavy (non-hydrogen) atoms. The largest absolute Gasteiger partial charge is 0.352 e. The summed E-state index contributed by atoms with van der Waals surface area (Å²) < 4.78 is 0. The summed E-state index contributed by atoms with van der Waals surface area (Å²) in [5.74, 6) is 0.295. The summed E-state index contributed by atoms with van der Waals surface area (Å²) in [6.45, 7) is 5.46. The van der Waals surface area contributed by atoms with Crippen molar-refractivity contribution in [2.45, 2.75) is 25.7 Å². The first kappa shape index (κ1) is 16.3. The molecule has 1 aliphatic heterocycles. The zero-order valence-electron chi connectivity index (χ0n) is 13.0. The molecule has 1 N–H and O–H groups in total. The number of likely N-dealkylation sites (tertiary alicyclic amines) is 1. The van der Waals surface area contributed by atoms with Crippen LogP contribution >= 0.6 is 0 Å². The topological polar surface area (TPSA) is 49.4 Å². The van der Waals surface area contributed by atoms with Crippen LogP contribution in [0.2, 0.25) is 0 Å². The zero-order valence-corrected chi connectivity index (χ0v) is 13.0. The summed E-state index contributed by atoms with van der Waals surface area (Å²) in [6.07, 6.45) is 4.50. The van der Waals surface area contributed by atoms with Gasteiger partial charge in [-0.15, -0.1) is 6.58 Å². The Morgan fingerprint density at radius 2 is 1.91 bits per heavy atom. The molecule has 2 rings (SSSR count). The molecule has 1 saturated heterocycles. The maximum atomic E-state index is 12.2. The van der Waals surface area contributed by atoms with Gasteiger partial charge in [-0.1, -0.05) is 36.4 Å². The van der Waals surface area contributed by atoms with E-state index >= 15 is 0 Å². The maximum Gasteiger partial charge on any atom is 0.223 e.